The van der Waals surface area contributed by atoms with E-state index in [1.54, 1.807) is 11.0 Å². The Balaban J connectivity index is 1.48. The third-order valence-corrected chi connectivity index (χ3v) is 6.70. The second kappa shape index (κ2) is 11.7. The number of hydrogen-bond donors (Lipinski definition) is 1. The van der Waals surface area contributed by atoms with Gasteiger partial charge >= 0.3 is 0 Å². The molecule has 1 saturated heterocycles. The van der Waals surface area contributed by atoms with Crippen LogP contribution < -0.4 is 5.32 Å². The van der Waals surface area contributed by atoms with Gasteiger partial charge < -0.3 is 15.0 Å². The van der Waals surface area contributed by atoms with Crippen molar-refractivity contribution in [2.45, 2.75) is 26.1 Å². The molecule has 0 radical (unpaired) electrons. The van der Waals surface area contributed by atoms with Crippen molar-refractivity contribution in [1.29, 1.82) is 0 Å². The van der Waals surface area contributed by atoms with Crippen molar-refractivity contribution in [3.63, 3.8) is 0 Å². The maximum atomic E-state index is 13.5. The quantitative estimate of drug-likeness (QED) is 0.376. The SMILES string of the molecule is C=C/C=C\c1cccc(CN(CC=O)C(=O)C2CN(Cc3cccc4ccccc34)CCN2)c1C. The van der Waals surface area contributed by atoms with Crippen LogP contribution >= 0.6 is 0 Å². The molecule has 1 N–H and O–H groups in total. The lowest BCUT2D eigenvalue weighted by molar-refractivity contribution is -0.137. The molecule has 1 fully saturated rings. The molecule has 3 aromatic carbocycles. The highest BCUT2D eigenvalue weighted by atomic mass is 16.2. The molecule has 1 atom stereocenters. The Morgan fingerprint density at radius 1 is 1.11 bits per heavy atom. The molecule has 35 heavy (non-hydrogen) atoms. The summed E-state index contributed by atoms with van der Waals surface area (Å²) in [4.78, 5) is 29.0. The Hall–Kier alpha value is -3.54. The minimum Gasteiger partial charge on any atom is -0.330 e. The van der Waals surface area contributed by atoms with E-state index in [1.807, 2.05) is 37.3 Å². The predicted molar refractivity (Wildman–Crippen MR) is 143 cm³/mol. The van der Waals surface area contributed by atoms with Gasteiger partial charge in [0, 0.05) is 32.7 Å². The summed E-state index contributed by atoms with van der Waals surface area (Å²) in [6.45, 7) is 9.26. The summed E-state index contributed by atoms with van der Waals surface area (Å²) in [5, 5.41) is 5.86. The first-order valence-corrected chi connectivity index (χ1v) is 12.1. The summed E-state index contributed by atoms with van der Waals surface area (Å²) in [5.41, 5.74) is 4.48. The summed E-state index contributed by atoms with van der Waals surface area (Å²) < 4.78 is 0. The number of nitrogens with one attached hydrogen (secondary N) is 1. The molecule has 1 amide bonds. The first-order valence-electron chi connectivity index (χ1n) is 12.1. The van der Waals surface area contributed by atoms with E-state index in [2.05, 4.69) is 59.3 Å². The standard InChI is InChI=1S/C30H33N3O2/c1-3-4-9-24-11-7-13-26(23(24)2)21-33(18-19-34)30(35)29-22-32(17-16-31-29)20-27-14-8-12-25-10-5-6-15-28(25)27/h3-15,19,29,31H,1,16-18,20-22H2,2H3/b9-4-. The first kappa shape index (κ1) is 24.6. The first-order chi connectivity index (χ1) is 17.1. The van der Waals surface area contributed by atoms with Gasteiger partial charge in [0.15, 0.2) is 0 Å². The van der Waals surface area contributed by atoms with Crippen molar-refractivity contribution in [3.05, 3.63) is 102 Å². The maximum absolute atomic E-state index is 13.5. The van der Waals surface area contributed by atoms with Crippen LogP contribution in [0.5, 0.6) is 0 Å². The fraction of sp³-hybridized carbons (Fsp3) is 0.267. The smallest absolute Gasteiger partial charge is 0.241 e. The normalized spacial score (nSPS) is 16.4. The highest BCUT2D eigenvalue weighted by molar-refractivity contribution is 5.86. The number of amides is 1. The molecule has 3 aromatic rings. The number of carbonyl (C=O) groups excluding carboxylic acids is 2. The maximum Gasteiger partial charge on any atom is 0.241 e. The molecule has 1 aliphatic heterocycles. The van der Waals surface area contributed by atoms with Crippen LogP contribution in [0.3, 0.4) is 0 Å². The average Bonchev–Trinajstić information content (AvgIpc) is 2.89. The van der Waals surface area contributed by atoms with Crippen LogP contribution in [-0.4, -0.2) is 54.2 Å². The summed E-state index contributed by atoms with van der Waals surface area (Å²) in [5.74, 6) is -0.0360. The number of rotatable bonds is 9. The van der Waals surface area contributed by atoms with Crippen molar-refractivity contribution < 1.29 is 9.59 Å². The van der Waals surface area contributed by atoms with Crippen molar-refractivity contribution in [2.75, 3.05) is 26.2 Å². The molecule has 1 unspecified atom stereocenters. The number of piperazine rings is 1. The molecule has 5 heteroatoms. The molecule has 1 heterocycles. The number of benzene rings is 3. The fourth-order valence-electron chi connectivity index (χ4n) is 4.77. The number of aldehydes is 1. The lowest BCUT2D eigenvalue weighted by Gasteiger charge is -2.35. The Bertz CT molecular complexity index is 1230. The Labute approximate surface area is 207 Å². The lowest BCUT2D eigenvalue weighted by Crippen LogP contribution is -2.57. The van der Waals surface area contributed by atoms with Gasteiger partial charge in [-0.15, -0.1) is 0 Å². The molecule has 1 aliphatic rings. The summed E-state index contributed by atoms with van der Waals surface area (Å²) in [7, 11) is 0. The van der Waals surface area contributed by atoms with Gasteiger partial charge in [0.05, 0.1) is 12.6 Å². The lowest BCUT2D eigenvalue weighted by atomic mass is 10.0. The van der Waals surface area contributed by atoms with Crippen molar-refractivity contribution in [3.8, 4) is 0 Å². The highest BCUT2D eigenvalue weighted by Gasteiger charge is 2.29. The predicted octanol–water partition coefficient (Wildman–Crippen LogP) is 4.35. The average molecular weight is 468 g/mol. The Morgan fingerprint density at radius 3 is 2.71 bits per heavy atom. The third-order valence-electron chi connectivity index (χ3n) is 6.70. The molecule has 0 aliphatic carbocycles. The summed E-state index contributed by atoms with van der Waals surface area (Å²) in [6.07, 6.45) is 6.46. The zero-order chi connectivity index (χ0) is 24.6. The van der Waals surface area contributed by atoms with Crippen LogP contribution in [-0.2, 0) is 22.7 Å². The van der Waals surface area contributed by atoms with Crippen LogP contribution in [0.2, 0.25) is 0 Å². The molecule has 0 saturated carbocycles. The minimum atomic E-state index is -0.345. The van der Waals surface area contributed by atoms with Gasteiger partial charge in [-0.25, -0.2) is 0 Å². The van der Waals surface area contributed by atoms with Gasteiger partial charge in [0.25, 0.3) is 0 Å². The number of allylic oxidation sites excluding steroid dienone is 2. The van der Waals surface area contributed by atoms with Crippen molar-refractivity contribution in [2.24, 2.45) is 0 Å². The number of hydrogen-bond acceptors (Lipinski definition) is 4. The van der Waals surface area contributed by atoms with Crippen LogP contribution in [0.15, 0.2) is 79.4 Å². The number of fused-ring (bicyclic) bond motifs is 1. The van der Waals surface area contributed by atoms with E-state index in [-0.39, 0.29) is 18.5 Å². The van der Waals surface area contributed by atoms with Crippen molar-refractivity contribution >= 4 is 29.0 Å². The topological polar surface area (TPSA) is 52.7 Å². The minimum absolute atomic E-state index is 0.0360. The molecule has 0 spiro atoms. The zero-order valence-electron chi connectivity index (χ0n) is 20.3. The van der Waals surface area contributed by atoms with Crippen LogP contribution in [0.1, 0.15) is 22.3 Å². The van der Waals surface area contributed by atoms with Crippen LogP contribution in [0.4, 0.5) is 0 Å². The summed E-state index contributed by atoms with van der Waals surface area (Å²) >= 11 is 0. The monoisotopic (exact) mass is 467 g/mol. The second-order valence-corrected chi connectivity index (χ2v) is 8.99. The second-order valence-electron chi connectivity index (χ2n) is 8.99. The molecular weight excluding hydrogens is 434 g/mol. The van der Waals surface area contributed by atoms with E-state index in [9.17, 15) is 9.59 Å². The Kier molecular flexibility index (Phi) is 8.24. The largest absolute Gasteiger partial charge is 0.330 e. The zero-order valence-corrected chi connectivity index (χ0v) is 20.3. The van der Waals surface area contributed by atoms with Gasteiger partial charge in [-0.1, -0.05) is 85.5 Å². The molecule has 4 rings (SSSR count). The molecule has 0 aromatic heterocycles. The molecule has 0 bridgehead atoms. The van der Waals surface area contributed by atoms with E-state index in [0.717, 1.165) is 42.6 Å². The van der Waals surface area contributed by atoms with E-state index in [4.69, 9.17) is 0 Å². The van der Waals surface area contributed by atoms with Gasteiger partial charge in [-0.3, -0.25) is 9.69 Å². The van der Waals surface area contributed by atoms with E-state index < -0.39 is 0 Å². The van der Waals surface area contributed by atoms with Crippen molar-refractivity contribution in [1.82, 2.24) is 15.1 Å². The molecule has 180 valence electrons. The van der Waals surface area contributed by atoms with Gasteiger partial charge in [0.2, 0.25) is 5.91 Å². The van der Waals surface area contributed by atoms with Crippen LogP contribution in [0.25, 0.3) is 16.8 Å². The number of carbonyl (C=O) groups is 2. The van der Waals surface area contributed by atoms with E-state index in [0.29, 0.717) is 13.1 Å². The van der Waals surface area contributed by atoms with Gasteiger partial charge in [0.1, 0.15) is 6.29 Å². The van der Waals surface area contributed by atoms with Gasteiger partial charge in [-0.05, 0) is 39.9 Å². The Morgan fingerprint density at radius 2 is 1.89 bits per heavy atom. The number of nitrogens with zero attached hydrogens (tertiary/aromatic N) is 2. The van der Waals surface area contributed by atoms with E-state index in [1.165, 1.54) is 16.3 Å². The van der Waals surface area contributed by atoms with Gasteiger partial charge in [-0.2, -0.15) is 0 Å². The molecular formula is C30H33N3O2. The molecule has 5 nitrogen and oxygen atoms in total. The fourth-order valence-corrected chi connectivity index (χ4v) is 4.77. The summed E-state index contributed by atoms with van der Waals surface area (Å²) in [6, 6.07) is 20.5. The highest BCUT2D eigenvalue weighted by Crippen LogP contribution is 2.21. The van der Waals surface area contributed by atoms with E-state index >= 15 is 0 Å². The van der Waals surface area contributed by atoms with Crippen LogP contribution in [0, 0.1) is 6.92 Å². The third kappa shape index (κ3) is 5.94.